The van der Waals surface area contributed by atoms with Gasteiger partial charge in [0.25, 0.3) is 0 Å². The third-order valence-electron chi connectivity index (χ3n) is 4.22. The van der Waals surface area contributed by atoms with Crippen molar-refractivity contribution in [1.82, 2.24) is 4.90 Å². The van der Waals surface area contributed by atoms with Gasteiger partial charge in [0, 0.05) is 19.5 Å². The highest BCUT2D eigenvalue weighted by atomic mass is 127. The van der Waals surface area contributed by atoms with Gasteiger partial charge in [-0.2, -0.15) is 0 Å². The van der Waals surface area contributed by atoms with Gasteiger partial charge in [0.05, 0.1) is 19.8 Å². The molecule has 5 nitrogen and oxygen atoms in total. The molecular weight excluding hydrogens is 405 g/mol. The number of halogens is 1. The minimum atomic E-state index is 0. The molecule has 3 rings (SSSR count). The summed E-state index contributed by atoms with van der Waals surface area (Å²) < 4.78 is 11.4. The van der Waals surface area contributed by atoms with Crippen molar-refractivity contribution < 1.29 is 9.47 Å². The summed E-state index contributed by atoms with van der Waals surface area (Å²) in [5.74, 6) is 2.98. The molecule has 2 N–H and O–H groups in total. The van der Waals surface area contributed by atoms with Crippen molar-refractivity contribution in [3.8, 4) is 11.5 Å². The summed E-state index contributed by atoms with van der Waals surface area (Å²) in [6, 6.07) is 6.00. The lowest BCUT2D eigenvalue weighted by Crippen LogP contribution is -2.43. The van der Waals surface area contributed by atoms with E-state index in [0.29, 0.717) is 31.6 Å². The molecule has 2 aliphatic heterocycles. The molecule has 1 aromatic rings. The van der Waals surface area contributed by atoms with Crippen LogP contribution in [0.2, 0.25) is 0 Å². The average Bonchev–Trinajstić information content (AvgIpc) is 2.77. The van der Waals surface area contributed by atoms with Crippen molar-refractivity contribution in [2.75, 3.05) is 26.3 Å². The fraction of sp³-hybridized carbons (Fsp3) is 0.588. The molecule has 2 aliphatic rings. The van der Waals surface area contributed by atoms with E-state index < -0.39 is 0 Å². The number of likely N-dealkylation sites (tertiary alicyclic amines) is 1. The molecule has 2 heterocycles. The van der Waals surface area contributed by atoms with E-state index in [-0.39, 0.29) is 24.0 Å². The SMILES string of the molecule is CC1CCCN(C(N)=NCc2ccc3c(c2)OCCCO3)C1.I. The third kappa shape index (κ3) is 4.89. The van der Waals surface area contributed by atoms with E-state index in [4.69, 9.17) is 15.2 Å². The first-order valence-corrected chi connectivity index (χ1v) is 8.16. The molecule has 1 fully saturated rings. The maximum Gasteiger partial charge on any atom is 0.191 e. The molecule has 0 aromatic heterocycles. The van der Waals surface area contributed by atoms with Crippen LogP contribution >= 0.6 is 24.0 Å². The van der Waals surface area contributed by atoms with Crippen LogP contribution in [0, 0.1) is 5.92 Å². The molecule has 1 unspecified atom stereocenters. The smallest absolute Gasteiger partial charge is 0.191 e. The number of aliphatic imine (C=N–C) groups is 1. The number of piperidine rings is 1. The lowest BCUT2D eigenvalue weighted by molar-refractivity contribution is 0.270. The van der Waals surface area contributed by atoms with E-state index in [0.717, 1.165) is 36.6 Å². The van der Waals surface area contributed by atoms with Crippen molar-refractivity contribution in [3.05, 3.63) is 23.8 Å². The largest absolute Gasteiger partial charge is 0.490 e. The topological polar surface area (TPSA) is 60.1 Å². The summed E-state index contributed by atoms with van der Waals surface area (Å²) in [4.78, 5) is 6.74. The van der Waals surface area contributed by atoms with Crippen molar-refractivity contribution in [2.24, 2.45) is 16.6 Å². The van der Waals surface area contributed by atoms with E-state index >= 15 is 0 Å². The number of nitrogens with two attached hydrogens (primary N) is 1. The molecule has 23 heavy (non-hydrogen) atoms. The van der Waals surface area contributed by atoms with Gasteiger partial charge in [0.15, 0.2) is 17.5 Å². The van der Waals surface area contributed by atoms with E-state index in [1.807, 2.05) is 18.2 Å². The molecule has 0 aliphatic carbocycles. The Morgan fingerprint density at radius 2 is 2.04 bits per heavy atom. The van der Waals surface area contributed by atoms with Gasteiger partial charge in [-0.15, -0.1) is 24.0 Å². The van der Waals surface area contributed by atoms with E-state index in [1.54, 1.807) is 0 Å². The van der Waals surface area contributed by atoms with Crippen LogP contribution in [0.5, 0.6) is 11.5 Å². The highest BCUT2D eigenvalue weighted by Crippen LogP contribution is 2.30. The van der Waals surface area contributed by atoms with Gasteiger partial charge in [0.2, 0.25) is 0 Å². The highest BCUT2D eigenvalue weighted by Gasteiger charge is 2.17. The normalized spacial score (nSPS) is 21.3. The first kappa shape index (κ1) is 18.2. The Bertz CT molecular complexity index is 551. The maximum absolute atomic E-state index is 6.14. The van der Waals surface area contributed by atoms with Gasteiger partial charge < -0.3 is 20.1 Å². The second kappa shape index (κ2) is 8.61. The Kier molecular flexibility index (Phi) is 6.80. The zero-order chi connectivity index (χ0) is 15.4. The standard InChI is InChI=1S/C17H25N3O2.HI/c1-13-4-2-7-20(12-13)17(18)19-11-14-5-6-15-16(10-14)22-9-3-8-21-15;/h5-6,10,13H,2-4,7-9,11-12H2,1H3,(H2,18,19);1H. The molecule has 0 saturated carbocycles. The van der Waals surface area contributed by atoms with Crippen LogP contribution in [0.3, 0.4) is 0 Å². The molecule has 6 heteroatoms. The minimum Gasteiger partial charge on any atom is -0.490 e. The number of hydrogen-bond donors (Lipinski definition) is 1. The molecule has 0 bridgehead atoms. The first-order valence-electron chi connectivity index (χ1n) is 8.16. The second-order valence-electron chi connectivity index (χ2n) is 6.20. The molecule has 0 radical (unpaired) electrons. The summed E-state index contributed by atoms with van der Waals surface area (Å²) >= 11 is 0. The van der Waals surface area contributed by atoms with Crippen molar-refractivity contribution in [1.29, 1.82) is 0 Å². The van der Waals surface area contributed by atoms with Gasteiger partial charge in [-0.1, -0.05) is 13.0 Å². The van der Waals surface area contributed by atoms with Gasteiger partial charge in [-0.3, -0.25) is 0 Å². The Labute approximate surface area is 155 Å². The predicted octanol–water partition coefficient (Wildman–Crippen LogP) is 3.01. The zero-order valence-electron chi connectivity index (χ0n) is 13.7. The van der Waals surface area contributed by atoms with Crippen LogP contribution in [-0.4, -0.2) is 37.2 Å². The highest BCUT2D eigenvalue weighted by molar-refractivity contribution is 14.0. The van der Waals surface area contributed by atoms with Crippen LogP contribution in [0.15, 0.2) is 23.2 Å². The second-order valence-corrected chi connectivity index (χ2v) is 6.20. The molecule has 1 aromatic carbocycles. The molecule has 128 valence electrons. The number of ether oxygens (including phenoxy) is 2. The Balaban J connectivity index is 0.00000192. The van der Waals surface area contributed by atoms with Gasteiger partial charge in [-0.05, 0) is 36.5 Å². The fourth-order valence-corrected chi connectivity index (χ4v) is 2.98. The van der Waals surface area contributed by atoms with Crippen LogP contribution in [0.4, 0.5) is 0 Å². The summed E-state index contributed by atoms with van der Waals surface area (Å²) in [5.41, 5.74) is 7.24. The average molecular weight is 431 g/mol. The van der Waals surface area contributed by atoms with Crippen molar-refractivity contribution >= 4 is 29.9 Å². The number of benzene rings is 1. The maximum atomic E-state index is 6.14. The molecule has 1 atom stereocenters. The Hall–Kier alpha value is -1.18. The molecule has 0 spiro atoms. The molecular formula is C17H26IN3O2. The molecule has 1 saturated heterocycles. The van der Waals surface area contributed by atoms with Crippen LogP contribution in [-0.2, 0) is 6.54 Å². The quantitative estimate of drug-likeness (QED) is 0.445. The van der Waals surface area contributed by atoms with Crippen molar-refractivity contribution in [3.63, 3.8) is 0 Å². The van der Waals surface area contributed by atoms with Gasteiger partial charge in [0.1, 0.15) is 0 Å². The Morgan fingerprint density at radius 1 is 1.26 bits per heavy atom. The number of nitrogens with zero attached hydrogens (tertiary/aromatic N) is 2. The fourth-order valence-electron chi connectivity index (χ4n) is 2.98. The van der Waals surface area contributed by atoms with Crippen LogP contribution < -0.4 is 15.2 Å². The van der Waals surface area contributed by atoms with Gasteiger partial charge in [-0.25, -0.2) is 4.99 Å². The number of hydrogen-bond acceptors (Lipinski definition) is 3. The van der Waals surface area contributed by atoms with E-state index in [1.165, 1.54) is 12.8 Å². The number of guanidine groups is 1. The first-order chi connectivity index (χ1) is 10.7. The minimum absolute atomic E-state index is 0. The number of rotatable bonds is 2. The zero-order valence-corrected chi connectivity index (χ0v) is 16.0. The summed E-state index contributed by atoms with van der Waals surface area (Å²) in [5, 5.41) is 0. The summed E-state index contributed by atoms with van der Waals surface area (Å²) in [7, 11) is 0. The van der Waals surface area contributed by atoms with Gasteiger partial charge >= 0.3 is 0 Å². The Morgan fingerprint density at radius 3 is 2.83 bits per heavy atom. The van der Waals surface area contributed by atoms with E-state index in [2.05, 4.69) is 16.8 Å². The lowest BCUT2D eigenvalue weighted by atomic mass is 10.0. The predicted molar refractivity (Wildman–Crippen MR) is 103 cm³/mol. The number of fused-ring (bicyclic) bond motifs is 1. The lowest BCUT2D eigenvalue weighted by Gasteiger charge is -2.31. The van der Waals surface area contributed by atoms with Crippen LogP contribution in [0.1, 0.15) is 31.7 Å². The monoisotopic (exact) mass is 431 g/mol. The van der Waals surface area contributed by atoms with E-state index in [9.17, 15) is 0 Å². The molecule has 0 amide bonds. The summed E-state index contributed by atoms with van der Waals surface area (Å²) in [6.45, 7) is 6.28. The third-order valence-corrected chi connectivity index (χ3v) is 4.22. The summed E-state index contributed by atoms with van der Waals surface area (Å²) in [6.07, 6.45) is 3.40. The van der Waals surface area contributed by atoms with Crippen LogP contribution in [0.25, 0.3) is 0 Å². The van der Waals surface area contributed by atoms with Crippen molar-refractivity contribution in [2.45, 2.75) is 32.7 Å².